The van der Waals surface area contributed by atoms with Crippen LogP contribution in [-0.2, 0) is 6.42 Å². The molecule has 1 atom stereocenters. The Morgan fingerprint density at radius 2 is 1.77 bits per heavy atom. The van der Waals surface area contributed by atoms with Gasteiger partial charge in [0.05, 0.1) is 24.6 Å². The third-order valence-electron chi connectivity index (χ3n) is 5.73. The number of ether oxygens (including phenoxy) is 1. The Kier molecular flexibility index (Phi) is 5.00. The van der Waals surface area contributed by atoms with Gasteiger partial charge in [0.15, 0.2) is 0 Å². The molecule has 1 N–H and O–H groups in total. The van der Waals surface area contributed by atoms with Gasteiger partial charge in [0.1, 0.15) is 17.0 Å². The van der Waals surface area contributed by atoms with Gasteiger partial charge in [-0.1, -0.05) is 36.4 Å². The molecule has 3 aromatic carbocycles. The van der Waals surface area contributed by atoms with Gasteiger partial charge in [0, 0.05) is 18.0 Å². The van der Waals surface area contributed by atoms with Crippen LogP contribution >= 0.6 is 0 Å². The molecule has 0 aliphatic carbocycles. The summed E-state index contributed by atoms with van der Waals surface area (Å²) in [6.45, 7) is 0. The van der Waals surface area contributed by atoms with Crippen LogP contribution in [-0.4, -0.2) is 29.0 Å². The van der Waals surface area contributed by atoms with Crippen LogP contribution in [0.3, 0.4) is 0 Å². The third kappa shape index (κ3) is 3.70. The topological polar surface area (TPSA) is 58.0 Å². The van der Waals surface area contributed by atoms with Crippen LogP contribution in [0.4, 0.5) is 5.69 Å². The number of phenols is 1. The van der Waals surface area contributed by atoms with Crippen LogP contribution in [0.2, 0.25) is 0 Å². The lowest BCUT2D eigenvalue weighted by molar-refractivity contribution is 0.415. The molecule has 0 bridgehead atoms. The Morgan fingerprint density at radius 1 is 0.968 bits per heavy atom. The molecule has 5 heteroatoms. The fourth-order valence-electron chi connectivity index (χ4n) is 4.12. The highest BCUT2D eigenvalue weighted by atomic mass is 16.5. The van der Waals surface area contributed by atoms with Crippen molar-refractivity contribution >= 4 is 22.3 Å². The predicted octanol–water partition coefficient (Wildman–Crippen LogP) is 5.17. The average Bonchev–Trinajstić information content (AvgIpc) is 3.25. The zero-order valence-electron chi connectivity index (χ0n) is 17.3. The standard InChI is InChI=1S/C26H23N3O2/c1-31-23-13-11-18(12-14-23)24-17-22(29(28-24)21-7-3-2-4-8-21)16-20-10-9-19-6-5-15-27-25(19)26(20)30/h2-15,22,30H,16-17H2,1H3. The molecule has 5 nitrogen and oxygen atoms in total. The van der Waals surface area contributed by atoms with Gasteiger partial charge in [-0.05, 0) is 60.0 Å². The number of phenolic OH excluding ortho intramolecular Hbond substituents is 1. The van der Waals surface area contributed by atoms with Crippen molar-refractivity contribution in [3.8, 4) is 11.5 Å². The smallest absolute Gasteiger partial charge is 0.145 e. The van der Waals surface area contributed by atoms with Gasteiger partial charge in [-0.3, -0.25) is 9.99 Å². The molecule has 1 aliphatic rings. The molecule has 1 unspecified atom stereocenters. The molecular weight excluding hydrogens is 386 g/mol. The number of aromatic hydroxyl groups is 1. The molecule has 1 aromatic heterocycles. The number of hydrogen-bond donors (Lipinski definition) is 1. The number of fused-ring (bicyclic) bond motifs is 1. The van der Waals surface area contributed by atoms with Crippen molar-refractivity contribution < 1.29 is 9.84 Å². The number of hydrogen-bond acceptors (Lipinski definition) is 5. The zero-order chi connectivity index (χ0) is 21.2. The zero-order valence-corrected chi connectivity index (χ0v) is 17.3. The predicted molar refractivity (Wildman–Crippen MR) is 124 cm³/mol. The number of para-hydroxylation sites is 1. The molecule has 4 aromatic rings. The Morgan fingerprint density at radius 3 is 2.55 bits per heavy atom. The highest BCUT2D eigenvalue weighted by Gasteiger charge is 2.29. The van der Waals surface area contributed by atoms with Crippen LogP contribution in [0.25, 0.3) is 10.9 Å². The second-order valence-corrected chi connectivity index (χ2v) is 7.67. The Balaban J connectivity index is 1.49. The molecule has 31 heavy (non-hydrogen) atoms. The van der Waals surface area contributed by atoms with Crippen molar-refractivity contribution in [2.24, 2.45) is 5.10 Å². The van der Waals surface area contributed by atoms with Crippen LogP contribution < -0.4 is 9.75 Å². The fraction of sp³-hybridized carbons (Fsp3) is 0.154. The first kappa shape index (κ1) is 19.1. The number of nitrogens with zero attached hydrogens (tertiary/aromatic N) is 3. The molecular formula is C26H23N3O2. The van der Waals surface area contributed by atoms with E-state index >= 15 is 0 Å². The van der Waals surface area contributed by atoms with E-state index in [4.69, 9.17) is 9.84 Å². The van der Waals surface area contributed by atoms with E-state index in [9.17, 15) is 5.11 Å². The summed E-state index contributed by atoms with van der Waals surface area (Å²) >= 11 is 0. The maximum Gasteiger partial charge on any atom is 0.145 e. The summed E-state index contributed by atoms with van der Waals surface area (Å²) in [6.07, 6.45) is 3.15. The van der Waals surface area contributed by atoms with Gasteiger partial charge < -0.3 is 9.84 Å². The monoisotopic (exact) mass is 409 g/mol. The molecule has 1 aliphatic heterocycles. The van der Waals surface area contributed by atoms with Gasteiger partial charge in [-0.15, -0.1) is 0 Å². The maximum absolute atomic E-state index is 10.9. The second-order valence-electron chi connectivity index (χ2n) is 7.67. The number of aromatic nitrogens is 1. The van der Waals surface area contributed by atoms with Crippen LogP contribution in [0.15, 0.2) is 90.2 Å². The quantitative estimate of drug-likeness (QED) is 0.494. The summed E-state index contributed by atoms with van der Waals surface area (Å²) in [5.74, 6) is 1.08. The normalized spacial score (nSPS) is 15.8. The Labute approximate surface area is 181 Å². The summed E-state index contributed by atoms with van der Waals surface area (Å²) < 4.78 is 5.29. The molecule has 2 heterocycles. The summed E-state index contributed by atoms with van der Waals surface area (Å²) in [6, 6.07) is 26.1. The minimum atomic E-state index is 0.0894. The highest BCUT2D eigenvalue weighted by Crippen LogP contribution is 2.33. The van der Waals surface area contributed by atoms with E-state index in [1.165, 1.54) is 0 Å². The summed E-state index contributed by atoms with van der Waals surface area (Å²) in [5, 5.41) is 18.8. The SMILES string of the molecule is COc1ccc(C2=NN(c3ccccc3)C(Cc3ccc4cccnc4c3O)C2)cc1. The summed E-state index contributed by atoms with van der Waals surface area (Å²) in [4.78, 5) is 4.37. The lowest BCUT2D eigenvalue weighted by atomic mass is 9.97. The highest BCUT2D eigenvalue weighted by molar-refractivity contribution is 6.03. The lowest BCUT2D eigenvalue weighted by Crippen LogP contribution is -2.28. The number of benzene rings is 3. The van der Waals surface area contributed by atoms with Gasteiger partial charge in [-0.25, -0.2) is 0 Å². The summed E-state index contributed by atoms with van der Waals surface area (Å²) in [7, 11) is 1.67. The first-order chi connectivity index (χ1) is 15.2. The minimum absolute atomic E-state index is 0.0894. The number of anilines is 1. The van der Waals surface area contributed by atoms with E-state index in [0.29, 0.717) is 11.9 Å². The van der Waals surface area contributed by atoms with Crippen molar-refractivity contribution in [3.63, 3.8) is 0 Å². The minimum Gasteiger partial charge on any atom is -0.505 e. The van der Waals surface area contributed by atoms with Crippen molar-refractivity contribution in [3.05, 3.63) is 96.2 Å². The number of methoxy groups -OCH3 is 1. The molecule has 0 amide bonds. The molecule has 0 radical (unpaired) electrons. The Bertz CT molecular complexity index is 1240. The molecule has 5 rings (SSSR count). The second kappa shape index (κ2) is 8.11. The molecule has 0 saturated carbocycles. The number of hydrazone groups is 1. The lowest BCUT2D eigenvalue weighted by Gasteiger charge is -2.24. The maximum atomic E-state index is 10.9. The molecule has 154 valence electrons. The van der Waals surface area contributed by atoms with E-state index in [1.54, 1.807) is 13.3 Å². The van der Waals surface area contributed by atoms with Crippen LogP contribution in [0, 0.1) is 0 Å². The molecule has 0 spiro atoms. The van der Waals surface area contributed by atoms with E-state index < -0.39 is 0 Å². The largest absolute Gasteiger partial charge is 0.505 e. The van der Waals surface area contributed by atoms with Crippen LogP contribution in [0.5, 0.6) is 11.5 Å². The van der Waals surface area contributed by atoms with E-state index in [2.05, 4.69) is 22.1 Å². The first-order valence-electron chi connectivity index (χ1n) is 10.3. The first-order valence-corrected chi connectivity index (χ1v) is 10.3. The van der Waals surface area contributed by atoms with E-state index in [-0.39, 0.29) is 11.8 Å². The van der Waals surface area contributed by atoms with Gasteiger partial charge in [-0.2, -0.15) is 5.10 Å². The number of rotatable bonds is 5. The third-order valence-corrected chi connectivity index (χ3v) is 5.73. The Hall–Kier alpha value is -3.86. The van der Waals surface area contributed by atoms with Crippen molar-refractivity contribution in [2.75, 3.05) is 12.1 Å². The van der Waals surface area contributed by atoms with Gasteiger partial charge in [0.2, 0.25) is 0 Å². The van der Waals surface area contributed by atoms with Gasteiger partial charge >= 0.3 is 0 Å². The van der Waals surface area contributed by atoms with Crippen LogP contribution in [0.1, 0.15) is 17.5 Å². The van der Waals surface area contributed by atoms with Crippen molar-refractivity contribution in [1.29, 1.82) is 0 Å². The van der Waals surface area contributed by atoms with E-state index in [1.807, 2.05) is 66.7 Å². The summed E-state index contributed by atoms with van der Waals surface area (Å²) in [5.41, 5.74) is 4.65. The molecule has 0 saturated heterocycles. The molecule has 0 fully saturated rings. The van der Waals surface area contributed by atoms with Crippen molar-refractivity contribution in [2.45, 2.75) is 18.9 Å². The van der Waals surface area contributed by atoms with Gasteiger partial charge in [0.25, 0.3) is 0 Å². The fourth-order valence-corrected chi connectivity index (χ4v) is 4.12. The van der Waals surface area contributed by atoms with E-state index in [0.717, 1.165) is 40.1 Å². The van der Waals surface area contributed by atoms with Crippen molar-refractivity contribution in [1.82, 2.24) is 4.98 Å². The number of pyridine rings is 1. The average molecular weight is 409 g/mol.